The van der Waals surface area contributed by atoms with Crippen LogP contribution < -0.4 is 10.6 Å². The average molecular weight is 333 g/mol. The third kappa shape index (κ3) is 4.60. The number of carbonyl (C=O) groups is 1. The minimum absolute atomic E-state index is 0.0850. The minimum atomic E-state index is -0.197. The largest absolute Gasteiger partial charge is 0.350 e. The Kier molecular flexibility index (Phi) is 5.31. The van der Waals surface area contributed by atoms with Crippen molar-refractivity contribution in [2.75, 3.05) is 5.32 Å². The lowest BCUT2D eigenvalue weighted by molar-refractivity contribution is 0.0939. The molecule has 1 unspecified atom stereocenters. The zero-order chi connectivity index (χ0) is 17.5. The number of anilines is 1. The van der Waals surface area contributed by atoms with Crippen LogP contribution >= 0.6 is 0 Å². The lowest BCUT2D eigenvalue weighted by Gasteiger charge is -2.14. The van der Waals surface area contributed by atoms with Gasteiger partial charge in [-0.05, 0) is 30.2 Å². The third-order valence-corrected chi connectivity index (χ3v) is 3.76. The molecule has 0 saturated carbocycles. The highest BCUT2D eigenvalue weighted by molar-refractivity contribution is 5.93. The van der Waals surface area contributed by atoms with Gasteiger partial charge in [0.05, 0.1) is 11.6 Å². The van der Waals surface area contributed by atoms with E-state index < -0.39 is 0 Å². The van der Waals surface area contributed by atoms with Crippen molar-refractivity contribution >= 4 is 11.9 Å². The van der Waals surface area contributed by atoms with Crippen molar-refractivity contribution in [2.24, 2.45) is 0 Å². The zero-order valence-electron chi connectivity index (χ0n) is 13.9. The summed E-state index contributed by atoms with van der Waals surface area (Å²) in [4.78, 5) is 24.7. The van der Waals surface area contributed by atoms with E-state index in [1.807, 2.05) is 49.4 Å². The Labute approximate surface area is 146 Å². The van der Waals surface area contributed by atoms with Gasteiger partial charge in [-0.25, -0.2) is 9.97 Å². The van der Waals surface area contributed by atoms with Crippen LogP contribution in [0, 0.1) is 0 Å². The van der Waals surface area contributed by atoms with Crippen molar-refractivity contribution in [1.82, 2.24) is 20.3 Å². The van der Waals surface area contributed by atoms with Crippen molar-refractivity contribution in [3.63, 3.8) is 0 Å². The van der Waals surface area contributed by atoms with Gasteiger partial charge in [0.15, 0.2) is 0 Å². The molecule has 1 amide bonds. The van der Waals surface area contributed by atoms with Crippen molar-refractivity contribution in [3.05, 3.63) is 83.9 Å². The maximum atomic E-state index is 12.3. The monoisotopic (exact) mass is 333 g/mol. The van der Waals surface area contributed by atoms with E-state index in [0.717, 1.165) is 11.1 Å². The molecule has 0 aliphatic rings. The molecule has 126 valence electrons. The Morgan fingerprint density at radius 2 is 1.72 bits per heavy atom. The number of rotatable bonds is 6. The molecule has 0 aliphatic heterocycles. The number of carbonyl (C=O) groups excluding carboxylic acids is 1. The highest BCUT2D eigenvalue weighted by Gasteiger charge is 2.12. The Hall–Kier alpha value is -3.28. The second kappa shape index (κ2) is 8.01. The molecule has 0 fully saturated rings. The number of aromatic nitrogens is 3. The molecule has 0 spiro atoms. The predicted octanol–water partition coefficient (Wildman–Crippen LogP) is 2.97. The summed E-state index contributed by atoms with van der Waals surface area (Å²) in [5.74, 6) is 0.279. The van der Waals surface area contributed by atoms with E-state index in [9.17, 15) is 4.79 Å². The summed E-state index contributed by atoms with van der Waals surface area (Å²) in [7, 11) is 0. The van der Waals surface area contributed by atoms with Crippen molar-refractivity contribution in [3.8, 4) is 0 Å². The quantitative estimate of drug-likeness (QED) is 0.725. The highest BCUT2D eigenvalue weighted by atomic mass is 16.1. The summed E-state index contributed by atoms with van der Waals surface area (Å²) >= 11 is 0. The van der Waals surface area contributed by atoms with Crippen LogP contribution in [0.15, 0.2) is 67.3 Å². The van der Waals surface area contributed by atoms with Crippen LogP contribution in [-0.2, 0) is 6.54 Å². The highest BCUT2D eigenvalue weighted by Crippen LogP contribution is 2.12. The van der Waals surface area contributed by atoms with E-state index >= 15 is 0 Å². The number of nitrogens with one attached hydrogen (secondary N) is 2. The summed E-state index contributed by atoms with van der Waals surface area (Å²) in [6, 6.07) is 13.6. The molecule has 0 radical (unpaired) electrons. The van der Waals surface area contributed by atoms with Gasteiger partial charge < -0.3 is 10.6 Å². The number of amides is 1. The van der Waals surface area contributed by atoms with Gasteiger partial charge in [0, 0.05) is 31.3 Å². The summed E-state index contributed by atoms with van der Waals surface area (Å²) in [5.41, 5.74) is 2.56. The van der Waals surface area contributed by atoms with Crippen LogP contribution in [0.4, 0.5) is 5.95 Å². The van der Waals surface area contributed by atoms with Gasteiger partial charge in [0.1, 0.15) is 0 Å². The molecule has 2 aromatic heterocycles. The van der Waals surface area contributed by atoms with Gasteiger partial charge in [-0.3, -0.25) is 9.78 Å². The fourth-order valence-electron chi connectivity index (χ4n) is 2.32. The maximum Gasteiger partial charge on any atom is 0.254 e. The van der Waals surface area contributed by atoms with E-state index in [1.54, 1.807) is 12.4 Å². The molecule has 3 rings (SSSR count). The number of nitrogens with zero attached hydrogens (tertiary/aromatic N) is 3. The van der Waals surface area contributed by atoms with Gasteiger partial charge in [-0.1, -0.05) is 30.3 Å². The SMILES string of the molecule is CC(NC(=O)c1cnc(NCc2ccncc2)nc1)c1ccccc1. The third-order valence-electron chi connectivity index (χ3n) is 3.76. The van der Waals surface area contributed by atoms with Crippen molar-refractivity contribution < 1.29 is 4.79 Å². The van der Waals surface area contributed by atoms with Gasteiger partial charge >= 0.3 is 0 Å². The number of benzene rings is 1. The molecule has 2 N–H and O–H groups in total. The lowest BCUT2D eigenvalue weighted by atomic mass is 10.1. The van der Waals surface area contributed by atoms with Gasteiger partial charge in [0.25, 0.3) is 5.91 Å². The summed E-state index contributed by atoms with van der Waals surface area (Å²) in [5, 5.41) is 6.06. The van der Waals surface area contributed by atoms with Crippen molar-refractivity contribution in [1.29, 1.82) is 0 Å². The molecule has 1 atom stereocenters. The molecule has 6 nitrogen and oxygen atoms in total. The topological polar surface area (TPSA) is 79.8 Å². The Bertz CT molecular complexity index is 806. The Morgan fingerprint density at radius 1 is 1.04 bits per heavy atom. The van der Waals surface area contributed by atoms with Gasteiger partial charge in [-0.15, -0.1) is 0 Å². The number of hydrogen-bond acceptors (Lipinski definition) is 5. The minimum Gasteiger partial charge on any atom is -0.350 e. The summed E-state index contributed by atoms with van der Waals surface area (Å²) in [6.07, 6.45) is 6.52. The molecular formula is C19H19N5O. The molecule has 0 aliphatic carbocycles. The molecule has 1 aromatic carbocycles. The summed E-state index contributed by atoms with van der Waals surface area (Å²) < 4.78 is 0. The Balaban J connectivity index is 1.57. The molecular weight excluding hydrogens is 314 g/mol. The molecule has 3 aromatic rings. The van der Waals surface area contributed by atoms with Crippen LogP contribution in [0.1, 0.15) is 34.5 Å². The van der Waals surface area contributed by atoms with Crippen LogP contribution in [0.25, 0.3) is 0 Å². The van der Waals surface area contributed by atoms with E-state index in [1.165, 1.54) is 12.4 Å². The van der Waals surface area contributed by atoms with Crippen LogP contribution in [0.3, 0.4) is 0 Å². The second-order valence-corrected chi connectivity index (χ2v) is 5.61. The van der Waals surface area contributed by atoms with E-state index in [2.05, 4.69) is 25.6 Å². The van der Waals surface area contributed by atoms with Crippen LogP contribution in [0.5, 0.6) is 0 Å². The average Bonchev–Trinajstić information content (AvgIpc) is 2.68. The second-order valence-electron chi connectivity index (χ2n) is 5.61. The normalized spacial score (nSPS) is 11.6. The number of pyridine rings is 1. The lowest BCUT2D eigenvalue weighted by Crippen LogP contribution is -2.26. The fraction of sp³-hybridized carbons (Fsp3) is 0.158. The molecule has 2 heterocycles. The zero-order valence-corrected chi connectivity index (χ0v) is 13.9. The maximum absolute atomic E-state index is 12.3. The fourth-order valence-corrected chi connectivity index (χ4v) is 2.32. The molecule has 25 heavy (non-hydrogen) atoms. The van der Waals surface area contributed by atoms with Crippen molar-refractivity contribution in [2.45, 2.75) is 19.5 Å². The number of hydrogen-bond donors (Lipinski definition) is 2. The molecule has 0 bridgehead atoms. The molecule has 0 saturated heterocycles. The van der Waals surface area contributed by atoms with E-state index in [-0.39, 0.29) is 11.9 Å². The Morgan fingerprint density at radius 3 is 2.40 bits per heavy atom. The van der Waals surface area contributed by atoms with Crippen LogP contribution in [0.2, 0.25) is 0 Å². The van der Waals surface area contributed by atoms with Gasteiger partial charge in [-0.2, -0.15) is 0 Å². The van der Waals surface area contributed by atoms with Crippen LogP contribution in [-0.4, -0.2) is 20.9 Å². The first-order chi connectivity index (χ1) is 12.2. The van der Waals surface area contributed by atoms with Gasteiger partial charge in [0.2, 0.25) is 5.95 Å². The summed E-state index contributed by atoms with van der Waals surface area (Å²) in [6.45, 7) is 2.54. The molecule has 6 heteroatoms. The first kappa shape index (κ1) is 16.6. The smallest absolute Gasteiger partial charge is 0.254 e. The predicted molar refractivity (Wildman–Crippen MR) is 95.9 cm³/mol. The first-order valence-corrected chi connectivity index (χ1v) is 8.03. The van der Waals surface area contributed by atoms with E-state index in [4.69, 9.17) is 0 Å². The first-order valence-electron chi connectivity index (χ1n) is 8.03. The standard InChI is InChI=1S/C19H19N5O/c1-14(16-5-3-2-4-6-16)24-18(25)17-12-22-19(23-13-17)21-11-15-7-9-20-10-8-15/h2-10,12-14H,11H2,1H3,(H,24,25)(H,21,22,23). The van der Waals surface area contributed by atoms with E-state index in [0.29, 0.717) is 18.1 Å².